The van der Waals surface area contributed by atoms with E-state index in [-0.39, 0.29) is 5.91 Å². The standard InChI is InChI=1S/C16H13BrN2O/c1-19(11-12-5-7-15(17)8-6-12)16(20)14-4-2-3-13(9-14)10-18/h2-9H,11H2,1H3. The first kappa shape index (κ1) is 14.3. The minimum absolute atomic E-state index is 0.0926. The van der Waals surface area contributed by atoms with Crippen molar-refractivity contribution in [2.24, 2.45) is 0 Å². The monoisotopic (exact) mass is 328 g/mol. The number of benzene rings is 2. The van der Waals surface area contributed by atoms with E-state index in [1.165, 1.54) is 0 Å². The molecule has 3 nitrogen and oxygen atoms in total. The first-order chi connectivity index (χ1) is 9.60. The summed E-state index contributed by atoms with van der Waals surface area (Å²) in [6.45, 7) is 0.531. The number of carbonyl (C=O) groups excluding carboxylic acids is 1. The molecule has 0 saturated heterocycles. The lowest BCUT2D eigenvalue weighted by atomic mass is 10.1. The molecule has 2 aromatic carbocycles. The minimum atomic E-state index is -0.0926. The van der Waals surface area contributed by atoms with Crippen LogP contribution in [0.3, 0.4) is 0 Å². The Kier molecular flexibility index (Phi) is 4.54. The fraction of sp³-hybridized carbons (Fsp3) is 0.125. The van der Waals surface area contributed by atoms with Crippen molar-refractivity contribution < 1.29 is 4.79 Å². The number of nitriles is 1. The highest BCUT2D eigenvalue weighted by atomic mass is 79.9. The van der Waals surface area contributed by atoms with Crippen molar-refractivity contribution in [3.05, 3.63) is 69.7 Å². The molecule has 0 saturated carbocycles. The van der Waals surface area contributed by atoms with Crippen molar-refractivity contribution in [1.29, 1.82) is 5.26 Å². The zero-order chi connectivity index (χ0) is 14.5. The SMILES string of the molecule is CN(Cc1ccc(Br)cc1)C(=O)c1cccc(C#N)c1. The number of halogens is 1. The Labute approximate surface area is 126 Å². The fourth-order valence-corrected chi connectivity index (χ4v) is 2.14. The second kappa shape index (κ2) is 6.36. The number of amides is 1. The van der Waals surface area contributed by atoms with Crippen molar-refractivity contribution >= 4 is 21.8 Å². The van der Waals surface area contributed by atoms with Gasteiger partial charge in [0.15, 0.2) is 0 Å². The third kappa shape index (κ3) is 3.46. The maximum atomic E-state index is 12.3. The molecular formula is C16H13BrN2O. The topological polar surface area (TPSA) is 44.1 Å². The summed E-state index contributed by atoms with van der Waals surface area (Å²) in [4.78, 5) is 13.9. The molecule has 100 valence electrons. The van der Waals surface area contributed by atoms with Crippen molar-refractivity contribution in [2.75, 3.05) is 7.05 Å². The van der Waals surface area contributed by atoms with Crippen LogP contribution in [0.2, 0.25) is 0 Å². The van der Waals surface area contributed by atoms with Crippen molar-refractivity contribution in [2.45, 2.75) is 6.54 Å². The van der Waals surface area contributed by atoms with Gasteiger partial charge < -0.3 is 4.90 Å². The zero-order valence-electron chi connectivity index (χ0n) is 11.0. The molecule has 2 aromatic rings. The summed E-state index contributed by atoms with van der Waals surface area (Å²) in [6, 6.07) is 16.6. The molecule has 2 rings (SSSR count). The van der Waals surface area contributed by atoms with Gasteiger partial charge in [0, 0.05) is 23.6 Å². The van der Waals surface area contributed by atoms with E-state index in [1.54, 1.807) is 36.2 Å². The molecule has 0 unspecified atom stereocenters. The lowest BCUT2D eigenvalue weighted by Gasteiger charge is -2.17. The van der Waals surface area contributed by atoms with Crippen LogP contribution >= 0.6 is 15.9 Å². The molecule has 20 heavy (non-hydrogen) atoms. The summed E-state index contributed by atoms with van der Waals surface area (Å²) in [5.74, 6) is -0.0926. The third-order valence-corrected chi connectivity index (χ3v) is 3.45. The predicted molar refractivity (Wildman–Crippen MR) is 81.1 cm³/mol. The molecule has 0 radical (unpaired) electrons. The average Bonchev–Trinajstić information content (AvgIpc) is 2.48. The van der Waals surface area contributed by atoms with E-state index in [0.29, 0.717) is 17.7 Å². The quantitative estimate of drug-likeness (QED) is 0.864. The summed E-state index contributed by atoms with van der Waals surface area (Å²) in [7, 11) is 1.75. The van der Waals surface area contributed by atoms with Gasteiger partial charge in [-0.1, -0.05) is 34.1 Å². The van der Waals surface area contributed by atoms with Crippen molar-refractivity contribution in [3.63, 3.8) is 0 Å². The van der Waals surface area contributed by atoms with E-state index in [2.05, 4.69) is 15.9 Å². The molecular weight excluding hydrogens is 316 g/mol. The van der Waals surface area contributed by atoms with Crippen LogP contribution in [0.4, 0.5) is 0 Å². The smallest absolute Gasteiger partial charge is 0.253 e. The molecule has 0 aliphatic carbocycles. The van der Waals surface area contributed by atoms with Crippen molar-refractivity contribution in [3.8, 4) is 6.07 Å². The van der Waals surface area contributed by atoms with E-state index < -0.39 is 0 Å². The summed E-state index contributed by atoms with van der Waals surface area (Å²) >= 11 is 3.38. The molecule has 0 aromatic heterocycles. The zero-order valence-corrected chi connectivity index (χ0v) is 12.6. The van der Waals surface area contributed by atoms with E-state index >= 15 is 0 Å². The van der Waals surface area contributed by atoms with E-state index in [1.807, 2.05) is 30.3 Å². The van der Waals surface area contributed by atoms with Crippen LogP contribution < -0.4 is 0 Å². The molecule has 0 N–H and O–H groups in total. The highest BCUT2D eigenvalue weighted by molar-refractivity contribution is 9.10. The second-order valence-electron chi connectivity index (χ2n) is 4.48. The van der Waals surface area contributed by atoms with Gasteiger partial charge in [-0.15, -0.1) is 0 Å². The van der Waals surface area contributed by atoms with Gasteiger partial charge >= 0.3 is 0 Å². The van der Waals surface area contributed by atoms with Crippen molar-refractivity contribution in [1.82, 2.24) is 4.90 Å². The molecule has 4 heteroatoms. The molecule has 0 aliphatic heterocycles. The summed E-state index contributed by atoms with van der Waals surface area (Å²) in [5, 5.41) is 8.86. The maximum absolute atomic E-state index is 12.3. The summed E-state index contributed by atoms with van der Waals surface area (Å²) < 4.78 is 1.01. The Morgan fingerprint density at radius 2 is 1.95 bits per heavy atom. The van der Waals surface area contributed by atoms with Crippen LogP contribution in [-0.4, -0.2) is 17.9 Å². The minimum Gasteiger partial charge on any atom is -0.337 e. The van der Waals surface area contributed by atoms with Gasteiger partial charge in [-0.25, -0.2) is 0 Å². The van der Waals surface area contributed by atoms with Crippen LogP contribution in [0.1, 0.15) is 21.5 Å². The Balaban J connectivity index is 2.12. The Hall–Kier alpha value is -2.12. The number of hydrogen-bond acceptors (Lipinski definition) is 2. The fourth-order valence-electron chi connectivity index (χ4n) is 1.88. The van der Waals surface area contributed by atoms with Gasteiger partial charge in [0.1, 0.15) is 0 Å². The first-order valence-corrected chi connectivity index (χ1v) is 6.89. The molecule has 0 atom stereocenters. The maximum Gasteiger partial charge on any atom is 0.253 e. The Morgan fingerprint density at radius 1 is 1.25 bits per heavy atom. The molecule has 0 aliphatic rings. The van der Waals surface area contributed by atoms with E-state index in [9.17, 15) is 4.79 Å². The van der Waals surface area contributed by atoms with Crippen LogP contribution in [-0.2, 0) is 6.54 Å². The van der Waals surface area contributed by atoms with Crippen LogP contribution in [0.15, 0.2) is 53.0 Å². The highest BCUT2D eigenvalue weighted by Gasteiger charge is 2.12. The largest absolute Gasteiger partial charge is 0.337 e. The van der Waals surface area contributed by atoms with E-state index in [0.717, 1.165) is 10.0 Å². The molecule has 0 fully saturated rings. The normalized spacial score (nSPS) is 9.85. The lowest BCUT2D eigenvalue weighted by Crippen LogP contribution is -2.26. The van der Waals surface area contributed by atoms with Crippen LogP contribution in [0, 0.1) is 11.3 Å². The predicted octanol–water partition coefficient (Wildman–Crippen LogP) is 3.59. The van der Waals surface area contributed by atoms with Gasteiger partial charge in [0.2, 0.25) is 0 Å². The number of carbonyl (C=O) groups is 1. The third-order valence-electron chi connectivity index (χ3n) is 2.92. The van der Waals surface area contributed by atoms with Gasteiger partial charge in [0.25, 0.3) is 5.91 Å². The van der Waals surface area contributed by atoms with Gasteiger partial charge in [-0.2, -0.15) is 5.26 Å². The van der Waals surface area contributed by atoms with Crippen LogP contribution in [0.25, 0.3) is 0 Å². The molecule has 0 spiro atoms. The Morgan fingerprint density at radius 3 is 2.60 bits per heavy atom. The summed E-state index contributed by atoms with van der Waals surface area (Å²) in [5.41, 5.74) is 2.08. The number of hydrogen-bond donors (Lipinski definition) is 0. The summed E-state index contributed by atoms with van der Waals surface area (Å²) in [6.07, 6.45) is 0. The Bertz CT molecular complexity index is 659. The molecule has 0 heterocycles. The van der Waals surface area contributed by atoms with Gasteiger partial charge in [-0.05, 0) is 35.9 Å². The van der Waals surface area contributed by atoms with Gasteiger partial charge in [0.05, 0.1) is 11.6 Å². The second-order valence-corrected chi connectivity index (χ2v) is 5.40. The van der Waals surface area contributed by atoms with E-state index in [4.69, 9.17) is 5.26 Å². The number of nitrogens with zero attached hydrogens (tertiary/aromatic N) is 2. The molecule has 0 bridgehead atoms. The van der Waals surface area contributed by atoms with Gasteiger partial charge in [-0.3, -0.25) is 4.79 Å². The highest BCUT2D eigenvalue weighted by Crippen LogP contribution is 2.13. The number of rotatable bonds is 3. The molecule has 1 amide bonds. The lowest BCUT2D eigenvalue weighted by molar-refractivity contribution is 0.0785. The van der Waals surface area contributed by atoms with Crippen LogP contribution in [0.5, 0.6) is 0 Å². The first-order valence-electron chi connectivity index (χ1n) is 6.10. The average molecular weight is 329 g/mol.